The molecule has 1 aliphatic rings. The van der Waals surface area contributed by atoms with Crippen molar-refractivity contribution in [3.05, 3.63) is 0 Å². The molecule has 0 saturated carbocycles. The molecule has 1 unspecified atom stereocenters. The molecule has 0 aromatic rings. The molecule has 0 spiro atoms. The second-order valence-electron chi connectivity index (χ2n) is 1.92. The molecule has 1 atom stereocenters. The first-order valence-electron chi connectivity index (χ1n) is 2.57. The van der Waals surface area contributed by atoms with Crippen LogP contribution in [0.4, 0.5) is 0 Å². The van der Waals surface area contributed by atoms with E-state index in [1.54, 1.807) is 0 Å². The van der Waals surface area contributed by atoms with Crippen LogP contribution < -0.4 is 5.43 Å². The number of carbonyl (C=O) groups is 1. The zero-order chi connectivity index (χ0) is 5.98. The fraction of sp³-hybridized carbons (Fsp3) is 0.600. The lowest BCUT2D eigenvalue weighted by molar-refractivity contribution is -0.109. The summed E-state index contributed by atoms with van der Waals surface area (Å²) in [6, 6.07) is -0.0602. The predicted molar refractivity (Wildman–Crippen MR) is 30.7 cm³/mol. The number of nitrogens with zero attached hydrogens (tertiary/aromatic N) is 1. The van der Waals surface area contributed by atoms with Gasteiger partial charge < -0.3 is 4.79 Å². The summed E-state index contributed by atoms with van der Waals surface area (Å²) in [5, 5.41) is 3.82. The second-order valence-corrected chi connectivity index (χ2v) is 1.92. The highest BCUT2D eigenvalue weighted by Crippen LogP contribution is 1.98. The molecule has 1 rings (SSSR count). The zero-order valence-corrected chi connectivity index (χ0v) is 4.72. The lowest BCUT2D eigenvalue weighted by Crippen LogP contribution is -2.20. The van der Waals surface area contributed by atoms with Crippen LogP contribution in [0.1, 0.15) is 13.3 Å². The number of nitrogens with one attached hydrogen (secondary N) is 1. The number of carbonyl (C=O) groups excluding carboxylic acids is 1. The molecule has 8 heavy (non-hydrogen) atoms. The predicted octanol–water partition coefficient (Wildman–Crippen LogP) is -0.0769. The van der Waals surface area contributed by atoms with Gasteiger partial charge in [0.1, 0.15) is 12.3 Å². The maximum atomic E-state index is 10.0. The largest absolute Gasteiger partial charge is 0.301 e. The lowest BCUT2D eigenvalue weighted by atomic mass is 10.2. The molecule has 3 heteroatoms. The van der Waals surface area contributed by atoms with Crippen molar-refractivity contribution in [1.29, 1.82) is 0 Å². The topological polar surface area (TPSA) is 41.5 Å². The van der Waals surface area contributed by atoms with Crippen LogP contribution in [0, 0.1) is 0 Å². The molecule has 0 aliphatic carbocycles. The summed E-state index contributed by atoms with van der Waals surface area (Å²) in [4.78, 5) is 10.0. The average molecular weight is 112 g/mol. The highest BCUT2D eigenvalue weighted by Gasteiger charge is 2.12. The molecular weight excluding hydrogens is 104 g/mol. The van der Waals surface area contributed by atoms with Gasteiger partial charge in [0.05, 0.1) is 0 Å². The van der Waals surface area contributed by atoms with Crippen molar-refractivity contribution in [2.45, 2.75) is 19.4 Å². The monoisotopic (exact) mass is 112 g/mol. The molecule has 0 aromatic heterocycles. The van der Waals surface area contributed by atoms with Crippen molar-refractivity contribution in [2.24, 2.45) is 5.10 Å². The Morgan fingerprint density at radius 1 is 2.00 bits per heavy atom. The number of hydrogen-bond acceptors (Lipinski definition) is 3. The highest BCUT2D eigenvalue weighted by atomic mass is 16.1. The average Bonchev–Trinajstić information content (AvgIpc) is 2.14. The van der Waals surface area contributed by atoms with Gasteiger partial charge in [0.2, 0.25) is 0 Å². The molecule has 0 bridgehead atoms. The third-order valence-corrected chi connectivity index (χ3v) is 1.10. The van der Waals surface area contributed by atoms with Gasteiger partial charge in [-0.15, -0.1) is 0 Å². The third kappa shape index (κ3) is 0.857. The van der Waals surface area contributed by atoms with E-state index >= 15 is 0 Å². The molecule has 0 saturated heterocycles. The van der Waals surface area contributed by atoms with Gasteiger partial charge in [0.15, 0.2) is 0 Å². The Labute approximate surface area is 47.8 Å². The van der Waals surface area contributed by atoms with Gasteiger partial charge in [-0.25, -0.2) is 0 Å². The maximum absolute atomic E-state index is 10.0. The molecule has 1 heterocycles. The minimum Gasteiger partial charge on any atom is -0.301 e. The van der Waals surface area contributed by atoms with Gasteiger partial charge in [-0.3, -0.25) is 5.43 Å². The van der Waals surface area contributed by atoms with Crippen LogP contribution in [0.2, 0.25) is 0 Å². The Balaban J connectivity index is 2.43. The van der Waals surface area contributed by atoms with Gasteiger partial charge >= 0.3 is 0 Å². The van der Waals surface area contributed by atoms with Gasteiger partial charge in [0.25, 0.3) is 0 Å². The zero-order valence-electron chi connectivity index (χ0n) is 4.72. The van der Waals surface area contributed by atoms with Crippen molar-refractivity contribution < 1.29 is 4.79 Å². The molecule has 3 nitrogen and oxygen atoms in total. The van der Waals surface area contributed by atoms with Crippen LogP contribution >= 0.6 is 0 Å². The molecular formula is C5H8N2O. The molecule has 1 N–H and O–H groups in total. The summed E-state index contributed by atoms with van der Waals surface area (Å²) in [7, 11) is 0. The fourth-order valence-electron chi connectivity index (χ4n) is 0.681. The Kier molecular flexibility index (Phi) is 1.28. The number of rotatable bonds is 1. The van der Waals surface area contributed by atoms with Crippen molar-refractivity contribution in [3.63, 3.8) is 0 Å². The molecule has 44 valence electrons. The van der Waals surface area contributed by atoms with E-state index < -0.39 is 0 Å². The van der Waals surface area contributed by atoms with Crippen molar-refractivity contribution in [2.75, 3.05) is 0 Å². The van der Waals surface area contributed by atoms with Crippen LogP contribution in [0.3, 0.4) is 0 Å². The number of hydrazone groups is 1. The minimum atomic E-state index is -0.0602. The van der Waals surface area contributed by atoms with Crippen LogP contribution in [-0.4, -0.2) is 18.0 Å². The minimum absolute atomic E-state index is 0.0602. The van der Waals surface area contributed by atoms with E-state index in [0.29, 0.717) is 0 Å². The number of aldehydes is 1. The summed E-state index contributed by atoms with van der Waals surface area (Å²) in [6.07, 6.45) is 1.64. The Morgan fingerprint density at radius 2 is 2.75 bits per heavy atom. The summed E-state index contributed by atoms with van der Waals surface area (Å²) < 4.78 is 0. The lowest BCUT2D eigenvalue weighted by Gasteiger charge is -1.94. The normalized spacial score (nSPS) is 26.6. The van der Waals surface area contributed by atoms with Gasteiger partial charge in [-0.2, -0.15) is 5.10 Å². The SMILES string of the molecule is CC1=NNC(C=O)C1. The molecule has 0 radical (unpaired) electrons. The van der Waals surface area contributed by atoms with Crippen molar-refractivity contribution in [3.8, 4) is 0 Å². The fourth-order valence-corrected chi connectivity index (χ4v) is 0.681. The maximum Gasteiger partial charge on any atom is 0.144 e. The van der Waals surface area contributed by atoms with Crippen LogP contribution in [-0.2, 0) is 4.79 Å². The van der Waals surface area contributed by atoms with Gasteiger partial charge in [-0.05, 0) is 6.92 Å². The summed E-state index contributed by atoms with van der Waals surface area (Å²) >= 11 is 0. The first kappa shape index (κ1) is 5.28. The quantitative estimate of drug-likeness (QED) is 0.482. The molecule has 0 amide bonds. The Bertz CT molecular complexity index is 130. The van der Waals surface area contributed by atoms with Gasteiger partial charge in [0, 0.05) is 12.1 Å². The molecule has 0 fully saturated rings. The number of hydrogen-bond donors (Lipinski definition) is 1. The second kappa shape index (κ2) is 1.94. The first-order valence-corrected chi connectivity index (χ1v) is 2.57. The third-order valence-electron chi connectivity index (χ3n) is 1.10. The first-order chi connectivity index (χ1) is 3.83. The smallest absolute Gasteiger partial charge is 0.144 e. The van der Waals surface area contributed by atoms with E-state index in [0.717, 1.165) is 18.4 Å². The van der Waals surface area contributed by atoms with E-state index in [4.69, 9.17) is 0 Å². The van der Waals surface area contributed by atoms with E-state index in [1.165, 1.54) is 0 Å². The van der Waals surface area contributed by atoms with E-state index in [-0.39, 0.29) is 6.04 Å². The van der Waals surface area contributed by atoms with E-state index in [1.807, 2.05) is 6.92 Å². The van der Waals surface area contributed by atoms with E-state index in [9.17, 15) is 4.79 Å². The standard InChI is InChI=1S/C5H8N2O/c1-4-2-5(3-8)7-6-4/h3,5,7H,2H2,1H3. The van der Waals surface area contributed by atoms with Crippen LogP contribution in [0.5, 0.6) is 0 Å². The molecule has 1 aliphatic heterocycles. The summed E-state index contributed by atoms with van der Waals surface area (Å²) in [5.74, 6) is 0. The van der Waals surface area contributed by atoms with Crippen molar-refractivity contribution >= 4 is 12.0 Å². The summed E-state index contributed by atoms with van der Waals surface area (Å²) in [6.45, 7) is 1.90. The summed E-state index contributed by atoms with van der Waals surface area (Å²) in [5.41, 5.74) is 3.68. The molecule has 0 aromatic carbocycles. The highest BCUT2D eigenvalue weighted by molar-refractivity contribution is 5.87. The van der Waals surface area contributed by atoms with Gasteiger partial charge in [-0.1, -0.05) is 0 Å². The van der Waals surface area contributed by atoms with E-state index in [2.05, 4.69) is 10.5 Å². The van der Waals surface area contributed by atoms with Crippen LogP contribution in [0.15, 0.2) is 5.10 Å². The van der Waals surface area contributed by atoms with Crippen LogP contribution in [0.25, 0.3) is 0 Å². The Morgan fingerprint density at radius 3 is 3.00 bits per heavy atom. The van der Waals surface area contributed by atoms with Crippen molar-refractivity contribution in [1.82, 2.24) is 5.43 Å². The Hall–Kier alpha value is -0.860.